The number of aromatic nitrogens is 1. The molecule has 0 fully saturated rings. The van der Waals surface area contributed by atoms with Crippen molar-refractivity contribution in [3.05, 3.63) is 59.9 Å². The average Bonchev–Trinajstić information content (AvgIpc) is 2.67. The summed E-state index contributed by atoms with van der Waals surface area (Å²) in [6.07, 6.45) is 3.88. The van der Waals surface area contributed by atoms with Crippen molar-refractivity contribution in [3.63, 3.8) is 0 Å². The summed E-state index contributed by atoms with van der Waals surface area (Å²) in [5.74, 6) is 0.297. The van der Waals surface area contributed by atoms with Gasteiger partial charge in [-0.15, -0.1) is 0 Å². The molecule has 0 atom stereocenters. The summed E-state index contributed by atoms with van der Waals surface area (Å²) in [5.41, 5.74) is 4.45. The Morgan fingerprint density at radius 1 is 1.19 bits per heavy atom. The zero-order valence-electron chi connectivity index (χ0n) is 14.9. The van der Waals surface area contributed by atoms with Crippen LogP contribution in [-0.2, 0) is 11.2 Å². The lowest BCUT2D eigenvalue weighted by molar-refractivity contribution is -0.119. The Labute approximate surface area is 152 Å². The molecule has 26 heavy (non-hydrogen) atoms. The van der Waals surface area contributed by atoms with Gasteiger partial charge < -0.3 is 10.1 Å². The van der Waals surface area contributed by atoms with Crippen LogP contribution in [-0.4, -0.2) is 36.2 Å². The molecule has 2 rings (SSSR count). The molecule has 7 heteroatoms. The Morgan fingerprint density at radius 2 is 1.96 bits per heavy atom. The van der Waals surface area contributed by atoms with Gasteiger partial charge in [0.15, 0.2) is 0 Å². The van der Waals surface area contributed by atoms with Crippen molar-refractivity contribution in [1.82, 2.24) is 15.7 Å². The number of hydrogen-bond donors (Lipinski definition) is 2. The molecule has 2 N–H and O–H groups in total. The largest absolute Gasteiger partial charge is 0.497 e. The summed E-state index contributed by atoms with van der Waals surface area (Å²) < 4.78 is 5.11. The summed E-state index contributed by atoms with van der Waals surface area (Å²) in [6.45, 7) is 2.22. The van der Waals surface area contributed by atoms with Gasteiger partial charge in [0.1, 0.15) is 5.75 Å². The lowest BCUT2D eigenvalue weighted by atomic mass is 10.1. The van der Waals surface area contributed by atoms with Crippen LogP contribution in [0.1, 0.15) is 29.3 Å². The van der Waals surface area contributed by atoms with Crippen LogP contribution in [0.5, 0.6) is 5.75 Å². The maximum absolute atomic E-state index is 11.9. The second-order valence-corrected chi connectivity index (χ2v) is 5.65. The number of nitrogens with one attached hydrogen (secondary N) is 2. The predicted molar refractivity (Wildman–Crippen MR) is 99.1 cm³/mol. The Morgan fingerprint density at radius 3 is 2.62 bits per heavy atom. The zero-order valence-corrected chi connectivity index (χ0v) is 14.9. The van der Waals surface area contributed by atoms with Gasteiger partial charge in [-0.1, -0.05) is 12.1 Å². The molecule has 0 aliphatic heterocycles. The summed E-state index contributed by atoms with van der Waals surface area (Å²) in [4.78, 5) is 27.6. The highest BCUT2D eigenvalue weighted by Crippen LogP contribution is 2.11. The molecule has 136 valence electrons. The maximum atomic E-state index is 11.9. The first-order valence-electron chi connectivity index (χ1n) is 8.21. The minimum absolute atomic E-state index is 0.121. The minimum Gasteiger partial charge on any atom is -0.497 e. The second kappa shape index (κ2) is 9.93. The molecule has 1 aromatic carbocycles. The third-order valence-corrected chi connectivity index (χ3v) is 3.58. The number of nitrogens with zero attached hydrogens (tertiary/aromatic N) is 2. The number of carbonyl (C=O) groups excluding carboxylic acids is 2. The third kappa shape index (κ3) is 6.35. The van der Waals surface area contributed by atoms with Crippen LogP contribution in [0.3, 0.4) is 0 Å². The molecule has 0 saturated heterocycles. The number of hydrazone groups is 1. The Hall–Kier alpha value is -3.22. The first-order chi connectivity index (χ1) is 12.6. The number of methoxy groups -OCH3 is 1. The van der Waals surface area contributed by atoms with Crippen molar-refractivity contribution in [2.45, 2.75) is 19.8 Å². The number of hydrogen-bond acceptors (Lipinski definition) is 5. The van der Waals surface area contributed by atoms with Crippen molar-refractivity contribution >= 4 is 17.5 Å². The molecule has 0 aliphatic rings. The molecule has 0 unspecified atom stereocenters. The highest BCUT2D eigenvalue weighted by molar-refractivity contribution is 6.01. The molecule has 0 radical (unpaired) electrons. The molecular weight excluding hydrogens is 332 g/mol. The molecule has 0 bridgehead atoms. The summed E-state index contributed by atoms with van der Waals surface area (Å²) in [5, 5.41) is 6.78. The zero-order chi connectivity index (χ0) is 18.8. The molecular formula is C19H22N4O3. The average molecular weight is 354 g/mol. The van der Waals surface area contributed by atoms with Gasteiger partial charge in [-0.3, -0.25) is 14.6 Å². The van der Waals surface area contributed by atoms with Crippen LogP contribution < -0.4 is 15.5 Å². The van der Waals surface area contributed by atoms with E-state index in [1.165, 1.54) is 6.20 Å². The summed E-state index contributed by atoms with van der Waals surface area (Å²) in [7, 11) is 1.62. The fourth-order valence-corrected chi connectivity index (χ4v) is 2.18. The summed E-state index contributed by atoms with van der Waals surface area (Å²) >= 11 is 0. The Kier molecular flexibility index (Phi) is 7.30. The van der Waals surface area contributed by atoms with E-state index < -0.39 is 0 Å². The topological polar surface area (TPSA) is 92.7 Å². The van der Waals surface area contributed by atoms with E-state index in [0.29, 0.717) is 17.8 Å². The Balaban J connectivity index is 1.71. The molecule has 0 spiro atoms. The Bertz CT molecular complexity index is 758. The van der Waals surface area contributed by atoms with Crippen LogP contribution in [0.25, 0.3) is 0 Å². The van der Waals surface area contributed by atoms with Crippen molar-refractivity contribution < 1.29 is 14.3 Å². The van der Waals surface area contributed by atoms with E-state index in [9.17, 15) is 9.59 Å². The minimum atomic E-state index is -0.364. The van der Waals surface area contributed by atoms with Gasteiger partial charge in [-0.2, -0.15) is 5.10 Å². The fourth-order valence-electron chi connectivity index (χ4n) is 2.18. The lowest BCUT2D eigenvalue weighted by Gasteiger charge is -2.06. The van der Waals surface area contributed by atoms with Gasteiger partial charge in [0.25, 0.3) is 5.91 Å². The number of carbonyl (C=O) groups is 2. The van der Waals surface area contributed by atoms with Crippen molar-refractivity contribution in [3.8, 4) is 5.75 Å². The fraction of sp³-hybridized carbons (Fsp3) is 0.263. The first kappa shape index (κ1) is 19.1. The van der Waals surface area contributed by atoms with E-state index in [2.05, 4.69) is 20.8 Å². The van der Waals surface area contributed by atoms with Crippen LogP contribution in [0.15, 0.2) is 53.9 Å². The van der Waals surface area contributed by atoms with E-state index in [1.807, 2.05) is 24.3 Å². The molecule has 0 aliphatic carbocycles. The van der Waals surface area contributed by atoms with E-state index >= 15 is 0 Å². The standard InChI is InChI=1S/C19H22N4O3/c1-14(22-23-19(25)16-4-3-10-20-13-16)12-18(24)21-11-9-15-5-7-17(26-2)8-6-15/h3-8,10,13H,9,11-12H2,1-2H3,(H,21,24)(H,23,25). The van der Waals surface area contributed by atoms with Crippen LogP contribution >= 0.6 is 0 Å². The van der Waals surface area contributed by atoms with E-state index in [-0.39, 0.29) is 18.2 Å². The van der Waals surface area contributed by atoms with Crippen molar-refractivity contribution in [1.29, 1.82) is 0 Å². The van der Waals surface area contributed by atoms with E-state index in [1.54, 1.807) is 32.4 Å². The number of benzene rings is 1. The first-order valence-corrected chi connectivity index (χ1v) is 8.21. The van der Waals surface area contributed by atoms with Gasteiger partial charge in [-0.25, -0.2) is 5.43 Å². The number of pyridine rings is 1. The maximum Gasteiger partial charge on any atom is 0.272 e. The normalized spacial score (nSPS) is 10.9. The SMILES string of the molecule is COc1ccc(CCNC(=O)CC(C)=NNC(=O)c2cccnc2)cc1. The van der Waals surface area contributed by atoms with Gasteiger partial charge in [0, 0.05) is 24.7 Å². The molecule has 2 amide bonds. The van der Waals surface area contributed by atoms with Gasteiger partial charge in [-0.05, 0) is 43.2 Å². The molecule has 2 aromatic rings. The van der Waals surface area contributed by atoms with Gasteiger partial charge in [0.2, 0.25) is 5.91 Å². The van der Waals surface area contributed by atoms with E-state index in [0.717, 1.165) is 17.7 Å². The second-order valence-electron chi connectivity index (χ2n) is 5.65. The van der Waals surface area contributed by atoms with Crippen LogP contribution in [0.2, 0.25) is 0 Å². The van der Waals surface area contributed by atoms with Crippen molar-refractivity contribution in [2.24, 2.45) is 5.10 Å². The molecule has 0 saturated carbocycles. The summed E-state index contributed by atoms with van der Waals surface area (Å²) in [6, 6.07) is 11.0. The monoisotopic (exact) mass is 354 g/mol. The molecule has 1 heterocycles. The van der Waals surface area contributed by atoms with E-state index in [4.69, 9.17) is 4.74 Å². The smallest absolute Gasteiger partial charge is 0.272 e. The highest BCUT2D eigenvalue weighted by Gasteiger charge is 2.06. The highest BCUT2D eigenvalue weighted by atomic mass is 16.5. The number of rotatable bonds is 8. The van der Waals surface area contributed by atoms with Gasteiger partial charge >= 0.3 is 0 Å². The van der Waals surface area contributed by atoms with Crippen LogP contribution in [0.4, 0.5) is 0 Å². The third-order valence-electron chi connectivity index (χ3n) is 3.58. The lowest BCUT2D eigenvalue weighted by Crippen LogP contribution is -2.28. The quantitative estimate of drug-likeness (QED) is 0.560. The molecule has 1 aromatic heterocycles. The predicted octanol–water partition coefficient (Wildman–Crippen LogP) is 1.94. The number of ether oxygens (including phenoxy) is 1. The molecule has 7 nitrogen and oxygen atoms in total. The van der Waals surface area contributed by atoms with Gasteiger partial charge in [0.05, 0.1) is 19.1 Å². The van der Waals surface area contributed by atoms with Crippen molar-refractivity contribution in [2.75, 3.05) is 13.7 Å². The van der Waals surface area contributed by atoms with Crippen LogP contribution in [0, 0.1) is 0 Å². The number of amides is 2.